The van der Waals surface area contributed by atoms with Crippen molar-refractivity contribution in [2.45, 2.75) is 36.7 Å². The third kappa shape index (κ3) is 3.26. The maximum atomic E-state index is 12.2. The zero-order chi connectivity index (χ0) is 15.0. The van der Waals surface area contributed by atoms with Crippen LogP contribution in [0.2, 0.25) is 0 Å². The van der Waals surface area contributed by atoms with E-state index in [-0.39, 0.29) is 5.57 Å². The van der Waals surface area contributed by atoms with E-state index in [0.29, 0.717) is 0 Å². The minimum absolute atomic E-state index is 0.144. The Labute approximate surface area is 120 Å². The molecule has 1 rings (SSSR count). The van der Waals surface area contributed by atoms with Crippen LogP contribution in [0.5, 0.6) is 0 Å². The molecule has 0 radical (unpaired) electrons. The second-order valence-electron chi connectivity index (χ2n) is 5.19. The molecule has 1 aliphatic rings. The first kappa shape index (κ1) is 15.9. The molecule has 0 aromatic heterocycles. The predicted octanol–water partition coefficient (Wildman–Crippen LogP) is 1.80. The normalized spacial score (nSPS) is 21.8. The molecule has 1 atom stereocenters. The Bertz CT molecular complexity index is 466. The van der Waals surface area contributed by atoms with Crippen LogP contribution in [0.1, 0.15) is 20.8 Å². The van der Waals surface area contributed by atoms with E-state index >= 15 is 0 Å². The van der Waals surface area contributed by atoms with Gasteiger partial charge < -0.3 is 0 Å². The lowest BCUT2D eigenvalue weighted by Gasteiger charge is -2.33. The van der Waals surface area contributed by atoms with Crippen LogP contribution in [0.4, 0.5) is 0 Å². The zero-order valence-electron chi connectivity index (χ0n) is 10.8. The van der Waals surface area contributed by atoms with Crippen molar-refractivity contribution in [3.05, 3.63) is 33.9 Å². The molecule has 1 aliphatic carbocycles. The number of nitrogens with two attached hydrogens (primary N) is 1. The van der Waals surface area contributed by atoms with Crippen LogP contribution in [0, 0.1) is 10.1 Å². The number of hydrogen-bond acceptors (Lipinski definition) is 4. The Morgan fingerprint density at radius 3 is 2.47 bits per heavy atom. The number of nitrogens with zero attached hydrogens (tertiary/aromatic N) is 2. The first-order chi connectivity index (χ1) is 8.48. The van der Waals surface area contributed by atoms with Gasteiger partial charge in [-0.25, -0.2) is 5.84 Å². The molecular weight excluding hydrogens is 293 g/mol. The summed E-state index contributed by atoms with van der Waals surface area (Å²) in [5, 5.41) is 12.0. The van der Waals surface area contributed by atoms with Gasteiger partial charge in [0.1, 0.15) is 0 Å². The van der Waals surface area contributed by atoms with E-state index in [9.17, 15) is 14.9 Å². The number of amides is 1. The Morgan fingerprint density at radius 1 is 1.53 bits per heavy atom. The standard InChI is InChI=1S/C11H15Cl2N3O3/c1-10(2,3)15(14)9(17)7-5-4-6-11(12,13)8(7)16(18)19/h4-6,8H,14H2,1-3H3. The molecule has 1 unspecified atom stereocenters. The molecule has 1 amide bonds. The second kappa shape index (κ2) is 5.11. The number of hydrogen-bond donors (Lipinski definition) is 1. The van der Waals surface area contributed by atoms with E-state index in [0.717, 1.165) is 5.01 Å². The fourth-order valence-electron chi connectivity index (χ4n) is 1.56. The molecule has 106 valence electrons. The van der Waals surface area contributed by atoms with Crippen LogP contribution < -0.4 is 5.84 Å². The van der Waals surface area contributed by atoms with Crippen molar-refractivity contribution in [1.29, 1.82) is 0 Å². The Balaban J connectivity index is 3.18. The van der Waals surface area contributed by atoms with E-state index in [4.69, 9.17) is 29.0 Å². The first-order valence-corrected chi connectivity index (χ1v) is 6.24. The van der Waals surface area contributed by atoms with Crippen molar-refractivity contribution < 1.29 is 9.72 Å². The maximum Gasteiger partial charge on any atom is 0.279 e. The summed E-state index contributed by atoms with van der Waals surface area (Å²) in [6, 6.07) is -1.55. The van der Waals surface area contributed by atoms with E-state index in [1.165, 1.54) is 18.2 Å². The van der Waals surface area contributed by atoms with Gasteiger partial charge in [0, 0.05) is 4.92 Å². The van der Waals surface area contributed by atoms with Crippen LogP contribution >= 0.6 is 23.2 Å². The molecule has 0 bridgehead atoms. The van der Waals surface area contributed by atoms with Crippen molar-refractivity contribution in [3.8, 4) is 0 Å². The highest BCUT2D eigenvalue weighted by Crippen LogP contribution is 2.36. The molecule has 8 heteroatoms. The Hall–Kier alpha value is -1.11. The van der Waals surface area contributed by atoms with E-state index in [2.05, 4.69) is 0 Å². The van der Waals surface area contributed by atoms with Gasteiger partial charge in [-0.15, -0.1) is 0 Å². The quantitative estimate of drug-likeness (QED) is 0.277. The number of hydrazine groups is 1. The minimum atomic E-state index is -1.78. The first-order valence-electron chi connectivity index (χ1n) is 5.48. The van der Waals surface area contributed by atoms with Gasteiger partial charge in [0.15, 0.2) is 0 Å². The van der Waals surface area contributed by atoms with Crippen molar-refractivity contribution in [1.82, 2.24) is 5.01 Å². The molecule has 0 aromatic carbocycles. The summed E-state index contributed by atoms with van der Waals surface area (Å²) < 4.78 is -1.78. The zero-order valence-corrected chi connectivity index (χ0v) is 12.3. The Kier molecular flexibility index (Phi) is 4.29. The van der Waals surface area contributed by atoms with Gasteiger partial charge >= 0.3 is 0 Å². The molecule has 0 fully saturated rings. The van der Waals surface area contributed by atoms with Crippen LogP contribution in [0.3, 0.4) is 0 Å². The topological polar surface area (TPSA) is 89.5 Å². The minimum Gasteiger partial charge on any atom is -0.271 e. The number of halogens is 2. The third-order valence-corrected chi connectivity index (χ3v) is 3.32. The lowest BCUT2D eigenvalue weighted by molar-refractivity contribution is -0.512. The summed E-state index contributed by atoms with van der Waals surface area (Å²) in [5.74, 6) is 5.01. The molecule has 19 heavy (non-hydrogen) atoms. The summed E-state index contributed by atoms with van der Waals surface area (Å²) >= 11 is 11.8. The molecule has 0 heterocycles. The van der Waals surface area contributed by atoms with Crippen LogP contribution in [-0.2, 0) is 4.79 Å². The average Bonchev–Trinajstić information content (AvgIpc) is 2.23. The smallest absolute Gasteiger partial charge is 0.271 e. The van der Waals surface area contributed by atoms with E-state index < -0.39 is 26.7 Å². The largest absolute Gasteiger partial charge is 0.279 e. The fraction of sp³-hybridized carbons (Fsp3) is 0.545. The molecule has 0 saturated carbocycles. The van der Waals surface area contributed by atoms with Gasteiger partial charge in [-0.3, -0.25) is 19.9 Å². The summed E-state index contributed by atoms with van der Waals surface area (Å²) in [6.07, 6.45) is 3.98. The monoisotopic (exact) mass is 307 g/mol. The lowest BCUT2D eigenvalue weighted by atomic mass is 9.96. The van der Waals surface area contributed by atoms with Gasteiger partial charge in [0.05, 0.1) is 11.1 Å². The predicted molar refractivity (Wildman–Crippen MR) is 73.2 cm³/mol. The second-order valence-corrected chi connectivity index (χ2v) is 6.63. The number of rotatable bonds is 2. The summed E-state index contributed by atoms with van der Waals surface area (Å²) in [7, 11) is 0. The van der Waals surface area contributed by atoms with E-state index in [1.807, 2.05) is 0 Å². The summed E-state index contributed by atoms with van der Waals surface area (Å²) in [6.45, 7) is 5.12. The highest BCUT2D eigenvalue weighted by Gasteiger charge is 2.50. The molecule has 0 aliphatic heterocycles. The van der Waals surface area contributed by atoms with Crippen LogP contribution in [0.15, 0.2) is 23.8 Å². The number of carbonyl (C=O) groups excluding carboxylic acids is 1. The number of alkyl halides is 2. The Morgan fingerprint density at radius 2 is 2.05 bits per heavy atom. The van der Waals surface area contributed by atoms with Crippen molar-refractivity contribution in [2.75, 3.05) is 0 Å². The molecular formula is C11H15Cl2N3O3. The van der Waals surface area contributed by atoms with Gasteiger partial charge in [0.25, 0.3) is 11.9 Å². The average molecular weight is 308 g/mol. The number of allylic oxidation sites excluding steroid dienone is 2. The van der Waals surface area contributed by atoms with E-state index in [1.54, 1.807) is 20.8 Å². The highest BCUT2D eigenvalue weighted by molar-refractivity contribution is 6.50. The van der Waals surface area contributed by atoms with Gasteiger partial charge in [-0.2, -0.15) is 0 Å². The third-order valence-electron chi connectivity index (χ3n) is 2.65. The molecule has 6 nitrogen and oxygen atoms in total. The lowest BCUT2D eigenvalue weighted by Crippen LogP contribution is -2.54. The highest BCUT2D eigenvalue weighted by atomic mass is 35.5. The molecule has 0 saturated heterocycles. The fourth-order valence-corrected chi connectivity index (χ4v) is 2.10. The SMILES string of the molecule is CC(C)(C)N(N)C(=O)C1=CC=CC(Cl)(Cl)C1[N+](=O)[O-]. The van der Waals surface area contributed by atoms with Gasteiger partial charge in [-0.1, -0.05) is 29.3 Å². The molecule has 0 spiro atoms. The number of nitro groups is 1. The maximum absolute atomic E-state index is 12.2. The van der Waals surface area contributed by atoms with Crippen LogP contribution in [0.25, 0.3) is 0 Å². The van der Waals surface area contributed by atoms with Crippen molar-refractivity contribution in [3.63, 3.8) is 0 Å². The summed E-state index contributed by atoms with van der Waals surface area (Å²) in [4.78, 5) is 22.6. The van der Waals surface area contributed by atoms with Gasteiger partial charge in [0.2, 0.25) is 4.33 Å². The van der Waals surface area contributed by atoms with Crippen LogP contribution in [-0.4, -0.2) is 31.8 Å². The molecule has 2 N–H and O–H groups in total. The van der Waals surface area contributed by atoms with Crippen molar-refractivity contribution >= 4 is 29.1 Å². The van der Waals surface area contributed by atoms with Crippen molar-refractivity contribution in [2.24, 2.45) is 5.84 Å². The summed E-state index contributed by atoms with van der Waals surface area (Å²) in [5.41, 5.74) is -0.823. The molecule has 0 aromatic rings. The van der Waals surface area contributed by atoms with Gasteiger partial charge in [-0.05, 0) is 32.9 Å². The number of carbonyl (C=O) groups is 1.